The zero-order valence-corrected chi connectivity index (χ0v) is 25.8. The Labute approximate surface area is 242 Å². The predicted octanol–water partition coefficient (Wildman–Crippen LogP) is 5.51. The molecule has 0 bridgehead atoms. The Morgan fingerprint density at radius 2 is 1.73 bits per heavy atom. The summed E-state index contributed by atoms with van der Waals surface area (Å²) in [7, 11) is 0. The minimum absolute atomic E-state index is 0.0716. The topological polar surface area (TPSA) is 140 Å². The van der Waals surface area contributed by atoms with Crippen LogP contribution in [0.15, 0.2) is 21.0 Å². The maximum atomic E-state index is 14.5. The molecule has 5 aliphatic rings. The summed E-state index contributed by atoms with van der Waals surface area (Å²) in [6, 6.07) is -0.347. The molecule has 41 heavy (non-hydrogen) atoms. The van der Waals surface area contributed by atoms with Gasteiger partial charge in [-0.3, -0.25) is 9.32 Å². The number of hydrogen-bond donors (Lipinski definition) is 3. The summed E-state index contributed by atoms with van der Waals surface area (Å²) in [5.41, 5.74) is 6.02. The molecule has 9 heteroatoms. The number of amides is 2. The predicted molar refractivity (Wildman–Crippen MR) is 154 cm³/mol. The summed E-state index contributed by atoms with van der Waals surface area (Å²) in [6.45, 7) is 16.2. The number of primary amides is 1. The molecule has 0 aromatic carbocycles. The summed E-state index contributed by atoms with van der Waals surface area (Å²) in [4.78, 5) is 40.5. The monoisotopic (exact) mass is 568 g/mol. The van der Waals surface area contributed by atoms with Crippen molar-refractivity contribution in [2.24, 2.45) is 50.6 Å². The minimum Gasteiger partial charge on any atom is -0.459 e. The molecular weight excluding hydrogens is 520 g/mol. The first kappa shape index (κ1) is 28.5. The number of urea groups is 1. The van der Waals surface area contributed by atoms with Crippen LogP contribution < -0.4 is 21.5 Å². The van der Waals surface area contributed by atoms with Crippen molar-refractivity contribution in [3.8, 4) is 6.01 Å². The van der Waals surface area contributed by atoms with Crippen molar-refractivity contribution in [2.75, 3.05) is 0 Å². The van der Waals surface area contributed by atoms with Crippen LogP contribution in [0.1, 0.15) is 106 Å². The van der Waals surface area contributed by atoms with Gasteiger partial charge in [0.15, 0.2) is 5.78 Å². The first-order chi connectivity index (χ1) is 19.0. The van der Waals surface area contributed by atoms with Crippen LogP contribution in [0.4, 0.5) is 4.79 Å². The highest BCUT2D eigenvalue weighted by Gasteiger charge is 2.70. The van der Waals surface area contributed by atoms with E-state index < -0.39 is 11.8 Å². The van der Waals surface area contributed by atoms with Gasteiger partial charge in [0.25, 0.3) is 0 Å². The molecule has 1 aromatic heterocycles. The third kappa shape index (κ3) is 3.92. The quantitative estimate of drug-likeness (QED) is 0.439. The van der Waals surface area contributed by atoms with Crippen LogP contribution in [0, 0.1) is 44.8 Å². The molecule has 226 valence electrons. The number of rotatable bonds is 3. The second kappa shape index (κ2) is 8.73. The number of nitrogens with zero attached hydrogens (tertiary/aromatic N) is 1. The average Bonchev–Trinajstić information content (AvgIpc) is 3.27. The fraction of sp³-hybridized carbons (Fsp3) is 0.812. The number of ether oxygens (including phenoxy) is 1. The van der Waals surface area contributed by atoms with Crippen LogP contribution in [0.5, 0.6) is 6.01 Å². The van der Waals surface area contributed by atoms with Gasteiger partial charge in [-0.15, -0.1) is 0 Å². The molecule has 0 radical (unpaired) electrons. The molecule has 5 aliphatic carbocycles. The van der Waals surface area contributed by atoms with E-state index >= 15 is 0 Å². The van der Waals surface area contributed by atoms with Crippen molar-refractivity contribution >= 4 is 11.8 Å². The maximum Gasteiger partial charge on any atom is 0.441 e. The highest BCUT2D eigenvalue weighted by atomic mass is 16.6. The van der Waals surface area contributed by atoms with Crippen molar-refractivity contribution in [2.45, 2.75) is 118 Å². The third-order valence-electron chi connectivity index (χ3n) is 13.6. The lowest BCUT2D eigenvalue weighted by atomic mass is 9.33. The van der Waals surface area contributed by atoms with E-state index in [1.54, 1.807) is 0 Å². The molecule has 9 atom stereocenters. The Balaban J connectivity index is 1.36. The van der Waals surface area contributed by atoms with Crippen molar-refractivity contribution in [1.82, 2.24) is 15.5 Å². The van der Waals surface area contributed by atoms with Gasteiger partial charge >= 0.3 is 17.8 Å². The largest absolute Gasteiger partial charge is 0.459 e. The second-order valence-corrected chi connectivity index (χ2v) is 16.1. The number of carbonyl (C=O) groups excluding carboxylic acids is 2. The Bertz CT molecular complexity index is 1360. The molecule has 4 saturated carbocycles. The fourth-order valence-corrected chi connectivity index (χ4v) is 11.2. The summed E-state index contributed by atoms with van der Waals surface area (Å²) in [6.07, 6.45) is 10.5. The Morgan fingerprint density at radius 3 is 2.39 bits per heavy atom. The molecule has 4 N–H and O–H groups in total. The van der Waals surface area contributed by atoms with E-state index in [9.17, 15) is 14.4 Å². The van der Waals surface area contributed by atoms with E-state index in [1.807, 2.05) is 0 Å². The first-order valence-corrected chi connectivity index (χ1v) is 15.5. The number of aromatic amines is 1. The number of allylic oxidation sites excluding steroid dienone is 2. The second-order valence-electron chi connectivity index (χ2n) is 16.1. The number of carbonyl (C=O) groups is 2. The lowest BCUT2D eigenvalue weighted by molar-refractivity contribution is -0.199. The van der Waals surface area contributed by atoms with Gasteiger partial charge < -0.3 is 15.8 Å². The number of fused-ring (bicyclic) bond motifs is 7. The number of nitrogens with two attached hydrogens (primary N) is 1. The number of ketones is 1. The highest BCUT2D eigenvalue weighted by molar-refractivity contribution is 5.95. The number of aromatic nitrogens is 2. The molecule has 2 amide bonds. The van der Waals surface area contributed by atoms with E-state index in [0.717, 1.165) is 57.8 Å². The van der Waals surface area contributed by atoms with Crippen LogP contribution in [0.25, 0.3) is 0 Å². The zero-order valence-electron chi connectivity index (χ0n) is 25.8. The van der Waals surface area contributed by atoms with E-state index in [2.05, 4.69) is 74.5 Å². The minimum atomic E-state index is -0.622. The summed E-state index contributed by atoms with van der Waals surface area (Å²) in [5.74, 6) is 0.104. The summed E-state index contributed by atoms with van der Waals surface area (Å²) in [5, 5.41) is 6.80. The van der Waals surface area contributed by atoms with E-state index in [-0.39, 0.29) is 68.3 Å². The number of H-pyrrole nitrogens is 1. The molecule has 0 saturated heterocycles. The van der Waals surface area contributed by atoms with E-state index in [1.165, 1.54) is 5.57 Å². The zero-order chi connectivity index (χ0) is 29.8. The summed E-state index contributed by atoms with van der Waals surface area (Å²) >= 11 is 0. The fourth-order valence-electron chi connectivity index (χ4n) is 11.2. The van der Waals surface area contributed by atoms with Gasteiger partial charge in [-0.05, 0) is 109 Å². The van der Waals surface area contributed by atoms with Gasteiger partial charge in [-0.2, -0.15) is 0 Å². The normalized spacial score (nSPS) is 46.7. The molecule has 1 unspecified atom stereocenters. The van der Waals surface area contributed by atoms with Crippen LogP contribution in [-0.4, -0.2) is 33.6 Å². The average molecular weight is 569 g/mol. The molecule has 0 spiro atoms. The lowest BCUT2D eigenvalue weighted by Crippen LogP contribution is -2.67. The first-order valence-electron chi connectivity index (χ1n) is 15.5. The van der Waals surface area contributed by atoms with Crippen molar-refractivity contribution in [1.29, 1.82) is 0 Å². The van der Waals surface area contributed by atoms with Gasteiger partial charge in [0.05, 0.1) is 0 Å². The van der Waals surface area contributed by atoms with Crippen LogP contribution in [0.2, 0.25) is 0 Å². The van der Waals surface area contributed by atoms with Gasteiger partial charge in [0.2, 0.25) is 0 Å². The maximum absolute atomic E-state index is 14.5. The van der Waals surface area contributed by atoms with Gasteiger partial charge in [-0.25, -0.2) is 14.6 Å². The molecule has 1 aromatic rings. The Kier molecular flexibility index (Phi) is 6.07. The SMILES string of the molecule is CC1(C)C2CC[C@]3(C)[C@H](C(=O)C=C4[C@@H]5C[C@@](C)(NC(N)=O)CC[C@]5(C)CC[C@]43C)[C@@]2(C)CC[C@@H]1Oc1noc(=O)[nH]1. The van der Waals surface area contributed by atoms with Crippen LogP contribution in [-0.2, 0) is 4.79 Å². The smallest absolute Gasteiger partial charge is 0.441 e. The Morgan fingerprint density at radius 1 is 1.02 bits per heavy atom. The highest BCUT2D eigenvalue weighted by Crippen LogP contribution is 2.74. The molecule has 6 rings (SSSR count). The van der Waals surface area contributed by atoms with Crippen molar-refractivity contribution < 1.29 is 18.8 Å². The van der Waals surface area contributed by atoms with E-state index in [0.29, 0.717) is 0 Å². The Hall–Kier alpha value is -2.58. The van der Waals surface area contributed by atoms with Gasteiger partial charge in [0.1, 0.15) is 6.10 Å². The molecule has 1 heterocycles. The van der Waals surface area contributed by atoms with Gasteiger partial charge in [-0.1, -0.05) is 47.1 Å². The summed E-state index contributed by atoms with van der Waals surface area (Å²) < 4.78 is 10.9. The molecule has 4 fully saturated rings. The molecular formula is C32H48N4O5. The lowest BCUT2D eigenvalue weighted by Gasteiger charge is -2.70. The third-order valence-corrected chi connectivity index (χ3v) is 13.6. The van der Waals surface area contributed by atoms with Crippen LogP contribution >= 0.6 is 0 Å². The number of nitrogens with one attached hydrogen (secondary N) is 2. The van der Waals surface area contributed by atoms with Crippen molar-refractivity contribution in [3.05, 3.63) is 22.2 Å². The van der Waals surface area contributed by atoms with Crippen LogP contribution in [0.3, 0.4) is 0 Å². The molecule has 0 aliphatic heterocycles. The number of hydrogen-bond acceptors (Lipinski definition) is 6. The molecule has 9 nitrogen and oxygen atoms in total. The standard InChI is InChI=1S/C32H48N4O5/c1-27(2)21-8-11-32(7)23(30(21,5)10-9-22(27)40-25-34-26(39)41-36-25)20(37)16-18-19-17-29(4,35-24(33)38)14-12-28(19,3)13-15-31(18,32)6/h16,19,21-23H,8-15,17H2,1-7H3,(H3,33,35,38)(H,34,36,39)/t19-,21?,22-,23+,28+,29-,30-,31+,32+/m0/s1. The van der Waals surface area contributed by atoms with Gasteiger partial charge in [0, 0.05) is 16.9 Å². The van der Waals surface area contributed by atoms with E-state index in [4.69, 9.17) is 10.5 Å². The van der Waals surface area contributed by atoms with Crippen molar-refractivity contribution in [3.63, 3.8) is 0 Å².